The number of rotatable bonds is 7. The van der Waals surface area contributed by atoms with Crippen molar-refractivity contribution >= 4 is 0 Å². The number of hydrogen-bond donors (Lipinski definition) is 0. The number of benzene rings is 1. The minimum absolute atomic E-state index is 0.561. The number of ether oxygens (including phenoxy) is 2. The van der Waals surface area contributed by atoms with Crippen LogP contribution in [0.15, 0.2) is 18.2 Å². The quantitative estimate of drug-likeness (QED) is 0.494. The van der Waals surface area contributed by atoms with Gasteiger partial charge in [0.25, 0.3) is 0 Å². The van der Waals surface area contributed by atoms with E-state index in [4.69, 9.17) is 9.47 Å². The zero-order valence-electron chi connectivity index (χ0n) is 18.1. The summed E-state index contributed by atoms with van der Waals surface area (Å²) >= 11 is 0. The lowest BCUT2D eigenvalue weighted by atomic mass is 9.62. The summed E-state index contributed by atoms with van der Waals surface area (Å²) in [5.74, 6) is 4.81. The van der Waals surface area contributed by atoms with Crippen LogP contribution >= 0.6 is 0 Å². The van der Waals surface area contributed by atoms with Gasteiger partial charge in [-0.3, -0.25) is 0 Å². The Kier molecular flexibility index (Phi) is 6.99. The average molecular weight is 385 g/mol. The summed E-state index contributed by atoms with van der Waals surface area (Å²) in [6.45, 7) is 3.26. The van der Waals surface area contributed by atoms with Gasteiger partial charge in [0.2, 0.25) is 0 Å². The van der Waals surface area contributed by atoms with Crippen molar-refractivity contribution < 1.29 is 9.47 Å². The third-order valence-electron chi connectivity index (χ3n) is 8.05. The molecule has 4 rings (SSSR count). The van der Waals surface area contributed by atoms with Crippen molar-refractivity contribution in [1.82, 2.24) is 0 Å². The van der Waals surface area contributed by atoms with E-state index >= 15 is 0 Å². The molecule has 28 heavy (non-hydrogen) atoms. The summed E-state index contributed by atoms with van der Waals surface area (Å²) in [6.07, 6.45) is 16.8. The lowest BCUT2D eigenvalue weighted by Crippen LogP contribution is -2.37. The van der Waals surface area contributed by atoms with Crippen LogP contribution in [-0.4, -0.2) is 19.8 Å². The highest BCUT2D eigenvalue weighted by Crippen LogP contribution is 2.47. The molecule has 2 heteroatoms. The summed E-state index contributed by atoms with van der Waals surface area (Å²) in [6, 6.07) is 6.75. The Morgan fingerprint density at radius 2 is 1.64 bits per heavy atom. The SMILES string of the molecule is CCCCCO[C@@H]1CC[C@@H]2CC(C3CCc4cc(OC)ccc4C3)CCC2C1. The predicted octanol–water partition coefficient (Wildman–Crippen LogP) is 6.59. The molecule has 1 aromatic carbocycles. The van der Waals surface area contributed by atoms with E-state index in [9.17, 15) is 0 Å². The first-order valence-corrected chi connectivity index (χ1v) is 12.0. The largest absolute Gasteiger partial charge is 0.497 e. The Hall–Kier alpha value is -1.02. The zero-order valence-corrected chi connectivity index (χ0v) is 18.1. The molecule has 3 aliphatic rings. The van der Waals surface area contributed by atoms with Gasteiger partial charge in [-0.1, -0.05) is 25.8 Å². The van der Waals surface area contributed by atoms with Crippen LogP contribution in [0.1, 0.15) is 82.3 Å². The van der Waals surface area contributed by atoms with Crippen LogP contribution in [0, 0.1) is 23.7 Å². The monoisotopic (exact) mass is 384 g/mol. The molecular formula is C26H40O2. The Bertz CT molecular complexity index is 625. The molecule has 2 saturated carbocycles. The molecule has 3 unspecified atom stereocenters. The molecule has 0 saturated heterocycles. The van der Waals surface area contributed by atoms with Crippen LogP contribution in [-0.2, 0) is 17.6 Å². The van der Waals surface area contributed by atoms with Crippen LogP contribution in [0.25, 0.3) is 0 Å². The molecule has 0 amide bonds. The Labute approximate surface area is 172 Å². The van der Waals surface area contributed by atoms with Crippen LogP contribution < -0.4 is 4.74 Å². The summed E-state index contributed by atoms with van der Waals surface area (Å²) in [7, 11) is 1.77. The highest BCUT2D eigenvalue weighted by atomic mass is 16.5. The van der Waals surface area contributed by atoms with E-state index in [1.807, 2.05) is 0 Å². The number of unbranched alkanes of at least 4 members (excludes halogenated alkanes) is 2. The Balaban J connectivity index is 1.27. The van der Waals surface area contributed by atoms with Crippen molar-refractivity contribution in [1.29, 1.82) is 0 Å². The fourth-order valence-electron chi connectivity index (χ4n) is 6.35. The minimum Gasteiger partial charge on any atom is -0.497 e. The lowest BCUT2D eigenvalue weighted by molar-refractivity contribution is -0.0249. The van der Waals surface area contributed by atoms with Crippen molar-refractivity contribution in [2.75, 3.05) is 13.7 Å². The second-order valence-corrected chi connectivity index (χ2v) is 9.74. The molecule has 0 aromatic heterocycles. The van der Waals surface area contributed by atoms with Crippen molar-refractivity contribution in [3.63, 3.8) is 0 Å². The van der Waals surface area contributed by atoms with Gasteiger partial charge in [0.05, 0.1) is 13.2 Å². The van der Waals surface area contributed by atoms with Gasteiger partial charge in [-0.25, -0.2) is 0 Å². The maximum atomic E-state index is 6.22. The Morgan fingerprint density at radius 3 is 2.46 bits per heavy atom. The van der Waals surface area contributed by atoms with Crippen molar-refractivity contribution in [3.05, 3.63) is 29.3 Å². The highest BCUT2D eigenvalue weighted by molar-refractivity contribution is 5.37. The molecular weight excluding hydrogens is 344 g/mol. The van der Waals surface area contributed by atoms with E-state index in [2.05, 4.69) is 25.1 Å². The third kappa shape index (κ3) is 4.75. The number of aryl methyl sites for hydroxylation is 1. The van der Waals surface area contributed by atoms with E-state index < -0.39 is 0 Å². The summed E-state index contributed by atoms with van der Waals surface area (Å²) < 4.78 is 11.6. The fourth-order valence-corrected chi connectivity index (χ4v) is 6.35. The summed E-state index contributed by atoms with van der Waals surface area (Å²) in [4.78, 5) is 0. The Morgan fingerprint density at radius 1 is 0.857 bits per heavy atom. The first kappa shape index (κ1) is 20.3. The topological polar surface area (TPSA) is 18.5 Å². The summed E-state index contributed by atoms with van der Waals surface area (Å²) in [5.41, 5.74) is 3.12. The van der Waals surface area contributed by atoms with E-state index in [1.165, 1.54) is 82.6 Å². The first-order valence-electron chi connectivity index (χ1n) is 12.0. The van der Waals surface area contributed by atoms with Gasteiger partial charge < -0.3 is 9.47 Å². The second kappa shape index (κ2) is 9.65. The highest BCUT2D eigenvalue weighted by Gasteiger charge is 2.38. The molecule has 0 radical (unpaired) electrons. The van der Waals surface area contributed by atoms with Crippen molar-refractivity contribution in [2.45, 2.75) is 90.1 Å². The molecule has 2 nitrogen and oxygen atoms in total. The van der Waals surface area contributed by atoms with Crippen molar-refractivity contribution in [2.24, 2.45) is 23.7 Å². The molecule has 2 fully saturated rings. The number of fused-ring (bicyclic) bond motifs is 2. The smallest absolute Gasteiger partial charge is 0.119 e. The van der Waals surface area contributed by atoms with E-state index in [1.54, 1.807) is 12.7 Å². The standard InChI is InChI=1S/C26H40O2/c1-3-4-5-14-28-26-13-11-22-16-20(7-9-24(22)18-26)19-6-8-23-17-25(27-2)12-10-21(23)15-19/h10,12,17,19-20,22,24,26H,3-9,11,13-16,18H2,1-2H3/t19?,20?,22-,24?,26-/m1/s1. The minimum atomic E-state index is 0.561. The first-order chi connectivity index (χ1) is 13.8. The third-order valence-corrected chi connectivity index (χ3v) is 8.05. The second-order valence-electron chi connectivity index (χ2n) is 9.74. The number of methoxy groups -OCH3 is 1. The van der Waals surface area contributed by atoms with Gasteiger partial charge in [-0.2, -0.15) is 0 Å². The van der Waals surface area contributed by atoms with Crippen LogP contribution in [0.2, 0.25) is 0 Å². The predicted molar refractivity (Wildman–Crippen MR) is 116 cm³/mol. The molecule has 0 spiro atoms. The average Bonchev–Trinajstić information content (AvgIpc) is 2.75. The van der Waals surface area contributed by atoms with Gasteiger partial charge >= 0.3 is 0 Å². The lowest BCUT2D eigenvalue weighted by Gasteiger charge is -2.45. The molecule has 0 heterocycles. The molecule has 0 N–H and O–H groups in total. The molecule has 5 atom stereocenters. The van der Waals surface area contributed by atoms with Crippen LogP contribution in [0.4, 0.5) is 0 Å². The fraction of sp³-hybridized carbons (Fsp3) is 0.769. The summed E-state index contributed by atoms with van der Waals surface area (Å²) in [5, 5.41) is 0. The normalized spacial score (nSPS) is 32.4. The van der Waals surface area contributed by atoms with Gasteiger partial charge in [0.1, 0.15) is 5.75 Å². The van der Waals surface area contributed by atoms with Crippen LogP contribution in [0.5, 0.6) is 5.75 Å². The van der Waals surface area contributed by atoms with Crippen LogP contribution in [0.3, 0.4) is 0 Å². The molecule has 0 aliphatic heterocycles. The molecule has 1 aromatic rings. The van der Waals surface area contributed by atoms with Gasteiger partial charge in [-0.15, -0.1) is 0 Å². The maximum absolute atomic E-state index is 6.22. The molecule has 0 bridgehead atoms. The number of hydrogen-bond acceptors (Lipinski definition) is 2. The van der Waals surface area contributed by atoms with E-state index in [0.717, 1.165) is 36.0 Å². The maximum Gasteiger partial charge on any atom is 0.119 e. The molecule has 156 valence electrons. The van der Waals surface area contributed by atoms with E-state index in [0.29, 0.717) is 6.10 Å². The van der Waals surface area contributed by atoms with E-state index in [-0.39, 0.29) is 0 Å². The van der Waals surface area contributed by atoms with Crippen molar-refractivity contribution in [3.8, 4) is 5.75 Å². The van der Waals surface area contributed by atoms with Gasteiger partial charge in [-0.05, 0) is 111 Å². The van der Waals surface area contributed by atoms with Gasteiger partial charge in [0.15, 0.2) is 0 Å². The van der Waals surface area contributed by atoms with Gasteiger partial charge in [0, 0.05) is 6.61 Å². The zero-order chi connectivity index (χ0) is 19.3. The molecule has 3 aliphatic carbocycles.